The van der Waals surface area contributed by atoms with Crippen LogP contribution in [0.15, 0.2) is 30.3 Å². The largest absolute Gasteiger partial charge is 0.284 e. The molecule has 0 fully saturated rings. The van der Waals surface area contributed by atoms with Crippen molar-refractivity contribution >= 4 is 11.8 Å². The van der Waals surface area contributed by atoms with Gasteiger partial charge in [-0.25, -0.2) is 0 Å². The predicted octanol–water partition coefficient (Wildman–Crippen LogP) is 1.06. The molecule has 0 atom stereocenters. The summed E-state index contributed by atoms with van der Waals surface area (Å²) in [4.78, 5) is 21.9. The van der Waals surface area contributed by atoms with E-state index in [1.54, 1.807) is 18.2 Å². The second-order valence-corrected chi connectivity index (χ2v) is 2.50. The summed E-state index contributed by atoms with van der Waals surface area (Å²) in [7, 11) is 0. The summed E-state index contributed by atoms with van der Waals surface area (Å²) in [6, 6.07) is 8.09. The maximum absolute atomic E-state index is 11.2. The zero-order valence-corrected chi connectivity index (χ0v) is 7.10. The Kier molecular flexibility index (Phi) is 2.76. The molecule has 1 aromatic rings. The molecule has 0 bridgehead atoms. The first-order valence-corrected chi connectivity index (χ1v) is 3.72. The molecule has 0 radical (unpaired) electrons. The quantitative estimate of drug-likeness (QED) is 0.518. The Labute approximate surface area is 75.4 Å². The normalized spacial score (nSPS) is 9.38. The second-order valence-electron chi connectivity index (χ2n) is 2.50. The Morgan fingerprint density at radius 1 is 1.23 bits per heavy atom. The summed E-state index contributed by atoms with van der Waals surface area (Å²) in [6.45, 7) is 1.11. The first-order chi connectivity index (χ1) is 6.13. The van der Waals surface area contributed by atoms with Gasteiger partial charge in [-0.3, -0.25) is 14.8 Å². The van der Waals surface area contributed by atoms with Gasteiger partial charge in [-0.15, -0.1) is 0 Å². The Morgan fingerprint density at radius 2 is 1.77 bits per heavy atom. The molecule has 0 aliphatic rings. The van der Waals surface area contributed by atoms with Crippen LogP contribution >= 0.6 is 0 Å². The maximum atomic E-state index is 11.2. The highest BCUT2D eigenvalue weighted by atomic mass is 16.5. The van der Waals surface area contributed by atoms with Crippen LogP contribution in [0.5, 0.6) is 0 Å². The van der Waals surface area contributed by atoms with E-state index in [1.165, 1.54) is 12.1 Å². The first kappa shape index (κ1) is 9.41. The lowest BCUT2D eigenvalue weighted by Gasteiger charge is -2.09. The van der Waals surface area contributed by atoms with Crippen molar-refractivity contribution in [3.8, 4) is 0 Å². The van der Waals surface area contributed by atoms with Crippen LogP contribution in [0.1, 0.15) is 17.3 Å². The SMILES string of the molecule is CC(=O)N(O)C(=O)c1ccccc1. The van der Waals surface area contributed by atoms with Crippen LogP contribution in [0.2, 0.25) is 0 Å². The van der Waals surface area contributed by atoms with E-state index in [1.807, 2.05) is 0 Å². The highest BCUT2D eigenvalue weighted by molar-refractivity contribution is 6.02. The molecule has 0 saturated carbocycles. The summed E-state index contributed by atoms with van der Waals surface area (Å²) < 4.78 is 0. The van der Waals surface area contributed by atoms with Gasteiger partial charge in [0.2, 0.25) is 5.91 Å². The predicted molar refractivity (Wildman–Crippen MR) is 45.1 cm³/mol. The fourth-order valence-corrected chi connectivity index (χ4v) is 0.846. The molecule has 1 N–H and O–H groups in total. The van der Waals surface area contributed by atoms with Crippen molar-refractivity contribution in [1.29, 1.82) is 0 Å². The van der Waals surface area contributed by atoms with Gasteiger partial charge in [-0.05, 0) is 12.1 Å². The van der Waals surface area contributed by atoms with Crippen LogP contribution in [0.3, 0.4) is 0 Å². The highest BCUT2D eigenvalue weighted by Gasteiger charge is 2.16. The molecule has 0 aliphatic heterocycles. The van der Waals surface area contributed by atoms with E-state index >= 15 is 0 Å². The number of amides is 2. The average Bonchev–Trinajstić information content (AvgIpc) is 2.17. The lowest BCUT2D eigenvalue weighted by Crippen LogP contribution is -2.31. The number of nitrogens with zero attached hydrogens (tertiary/aromatic N) is 1. The number of hydroxylamine groups is 2. The van der Waals surface area contributed by atoms with E-state index in [2.05, 4.69) is 0 Å². The highest BCUT2D eigenvalue weighted by Crippen LogP contribution is 2.02. The van der Waals surface area contributed by atoms with Gasteiger partial charge in [0.05, 0.1) is 0 Å². The molecular formula is C9H9NO3. The first-order valence-electron chi connectivity index (χ1n) is 3.72. The summed E-state index contributed by atoms with van der Waals surface area (Å²) in [5, 5.41) is 9.08. The molecule has 0 spiro atoms. The fraction of sp³-hybridized carbons (Fsp3) is 0.111. The van der Waals surface area contributed by atoms with Crippen molar-refractivity contribution < 1.29 is 14.8 Å². The number of carbonyl (C=O) groups is 2. The van der Waals surface area contributed by atoms with Crippen molar-refractivity contribution in [2.75, 3.05) is 0 Å². The lowest BCUT2D eigenvalue weighted by atomic mass is 10.2. The maximum Gasteiger partial charge on any atom is 0.284 e. The molecule has 0 heterocycles. The molecule has 68 valence electrons. The van der Waals surface area contributed by atoms with Gasteiger partial charge in [-0.2, -0.15) is 5.06 Å². The van der Waals surface area contributed by atoms with Gasteiger partial charge in [0.25, 0.3) is 5.91 Å². The Balaban J connectivity index is 2.86. The minimum absolute atomic E-state index is 0.0926. The third kappa shape index (κ3) is 2.13. The molecule has 0 aromatic heterocycles. The summed E-state index contributed by atoms with van der Waals surface area (Å²) in [5.74, 6) is -1.41. The molecule has 1 aromatic carbocycles. The second kappa shape index (κ2) is 3.82. The van der Waals surface area contributed by atoms with Gasteiger partial charge in [-0.1, -0.05) is 18.2 Å². The molecule has 4 nitrogen and oxygen atoms in total. The Morgan fingerprint density at radius 3 is 2.23 bits per heavy atom. The number of hydrogen-bond donors (Lipinski definition) is 1. The number of rotatable bonds is 1. The summed E-state index contributed by atoms with van der Waals surface area (Å²) in [5.41, 5.74) is 0.278. The monoisotopic (exact) mass is 179 g/mol. The molecular weight excluding hydrogens is 170 g/mol. The van der Waals surface area contributed by atoms with Crippen LogP contribution in [0.4, 0.5) is 0 Å². The van der Waals surface area contributed by atoms with Gasteiger partial charge >= 0.3 is 0 Å². The van der Waals surface area contributed by atoms with Crippen molar-refractivity contribution in [3.63, 3.8) is 0 Å². The molecule has 0 unspecified atom stereocenters. The standard InChI is InChI=1S/C9H9NO3/c1-7(11)10(13)9(12)8-5-3-2-4-6-8/h2-6,13H,1H3. The zero-order valence-electron chi connectivity index (χ0n) is 7.10. The van der Waals surface area contributed by atoms with Crippen LogP contribution in [0.25, 0.3) is 0 Å². The fourth-order valence-electron chi connectivity index (χ4n) is 0.846. The summed E-state index contributed by atoms with van der Waals surface area (Å²) in [6.07, 6.45) is 0. The van der Waals surface area contributed by atoms with Gasteiger partial charge < -0.3 is 0 Å². The van der Waals surface area contributed by atoms with Gasteiger partial charge in [0.1, 0.15) is 0 Å². The van der Waals surface area contributed by atoms with E-state index in [0.29, 0.717) is 0 Å². The number of hydrogen-bond acceptors (Lipinski definition) is 3. The minimum atomic E-state index is -0.715. The van der Waals surface area contributed by atoms with Crippen LogP contribution < -0.4 is 0 Å². The van der Waals surface area contributed by atoms with Crippen LogP contribution in [0, 0.1) is 0 Å². The molecule has 2 amide bonds. The smallest absolute Gasteiger partial charge is 0.278 e. The van der Waals surface area contributed by atoms with Crippen LogP contribution in [-0.4, -0.2) is 22.1 Å². The minimum Gasteiger partial charge on any atom is -0.278 e. The molecule has 0 saturated heterocycles. The molecule has 1 rings (SSSR count). The van der Waals surface area contributed by atoms with Crippen molar-refractivity contribution in [1.82, 2.24) is 5.06 Å². The van der Waals surface area contributed by atoms with Gasteiger partial charge in [0.15, 0.2) is 0 Å². The Bertz CT molecular complexity index is 321. The zero-order chi connectivity index (χ0) is 9.84. The number of benzene rings is 1. The van der Waals surface area contributed by atoms with Crippen molar-refractivity contribution in [2.24, 2.45) is 0 Å². The molecule has 13 heavy (non-hydrogen) atoms. The van der Waals surface area contributed by atoms with Crippen molar-refractivity contribution in [3.05, 3.63) is 35.9 Å². The number of imide groups is 1. The van der Waals surface area contributed by atoms with E-state index in [-0.39, 0.29) is 10.6 Å². The van der Waals surface area contributed by atoms with E-state index < -0.39 is 11.8 Å². The average molecular weight is 179 g/mol. The van der Waals surface area contributed by atoms with Gasteiger partial charge in [0, 0.05) is 12.5 Å². The molecule has 4 heteroatoms. The van der Waals surface area contributed by atoms with Crippen molar-refractivity contribution in [2.45, 2.75) is 6.92 Å². The molecule has 0 aliphatic carbocycles. The topological polar surface area (TPSA) is 57.6 Å². The Hall–Kier alpha value is -1.68. The van der Waals surface area contributed by atoms with E-state index in [0.717, 1.165) is 6.92 Å². The van der Waals surface area contributed by atoms with Crippen LogP contribution in [-0.2, 0) is 4.79 Å². The third-order valence-electron chi connectivity index (χ3n) is 1.51. The third-order valence-corrected chi connectivity index (χ3v) is 1.51. The van der Waals surface area contributed by atoms with E-state index in [4.69, 9.17) is 5.21 Å². The number of carbonyl (C=O) groups excluding carboxylic acids is 2. The lowest BCUT2D eigenvalue weighted by molar-refractivity contribution is -0.151. The summed E-state index contributed by atoms with van der Waals surface area (Å²) >= 11 is 0. The van der Waals surface area contributed by atoms with E-state index in [9.17, 15) is 9.59 Å².